The smallest absolute Gasteiger partial charge is 0.347 e. The van der Waals surface area contributed by atoms with Crippen molar-refractivity contribution in [2.75, 3.05) is 23.7 Å². The van der Waals surface area contributed by atoms with Crippen LogP contribution in [0.4, 0.5) is 24.8 Å². The number of aromatic nitrogens is 2. The van der Waals surface area contributed by atoms with Crippen LogP contribution in [0.25, 0.3) is 0 Å². The number of nitrogens with one attached hydrogen (secondary N) is 1. The second-order valence-electron chi connectivity index (χ2n) is 5.22. The molecule has 0 spiro atoms. The Morgan fingerprint density at radius 3 is 2.08 bits per heavy atom. The van der Waals surface area contributed by atoms with Gasteiger partial charge in [-0.3, -0.25) is 4.72 Å². The van der Waals surface area contributed by atoms with Gasteiger partial charge in [0.25, 0.3) is 0 Å². The molecule has 10 heteroatoms. The molecule has 0 radical (unpaired) electrons. The Bertz CT molecular complexity index is 788. The molecular formula is C14H15F3N4O2S. The SMILES string of the molecule is CN(C)c1ncc(NS(=O)(=O)Cc2ccc(C(F)(F)F)cc2)cn1. The summed E-state index contributed by atoms with van der Waals surface area (Å²) in [5, 5.41) is 0. The van der Waals surface area contributed by atoms with Gasteiger partial charge in [0.15, 0.2) is 0 Å². The molecule has 24 heavy (non-hydrogen) atoms. The lowest BCUT2D eigenvalue weighted by Crippen LogP contribution is -2.17. The van der Waals surface area contributed by atoms with E-state index in [0.717, 1.165) is 24.3 Å². The molecule has 0 aliphatic heterocycles. The van der Waals surface area contributed by atoms with Crippen molar-refractivity contribution in [2.45, 2.75) is 11.9 Å². The minimum absolute atomic E-state index is 0.174. The van der Waals surface area contributed by atoms with E-state index in [4.69, 9.17) is 0 Å². The summed E-state index contributed by atoms with van der Waals surface area (Å²) in [6, 6.07) is 3.96. The third kappa shape index (κ3) is 4.82. The van der Waals surface area contributed by atoms with Crippen molar-refractivity contribution in [3.8, 4) is 0 Å². The molecule has 0 atom stereocenters. The average molecular weight is 360 g/mol. The molecule has 0 aliphatic rings. The average Bonchev–Trinajstić information content (AvgIpc) is 2.46. The molecule has 0 aliphatic carbocycles. The molecule has 1 N–H and O–H groups in total. The van der Waals surface area contributed by atoms with Gasteiger partial charge in [0.2, 0.25) is 16.0 Å². The van der Waals surface area contributed by atoms with E-state index in [2.05, 4.69) is 14.7 Å². The summed E-state index contributed by atoms with van der Waals surface area (Å²) in [5.74, 6) is -0.0405. The summed E-state index contributed by atoms with van der Waals surface area (Å²) in [5.41, 5.74) is -0.418. The summed E-state index contributed by atoms with van der Waals surface area (Å²) >= 11 is 0. The van der Waals surface area contributed by atoms with E-state index in [9.17, 15) is 21.6 Å². The first-order valence-corrected chi connectivity index (χ1v) is 8.38. The summed E-state index contributed by atoms with van der Waals surface area (Å²) in [4.78, 5) is 9.60. The molecule has 0 unspecified atom stereocenters. The highest BCUT2D eigenvalue weighted by atomic mass is 32.2. The molecule has 0 fully saturated rings. The summed E-state index contributed by atoms with van der Waals surface area (Å²) in [7, 11) is -0.314. The summed E-state index contributed by atoms with van der Waals surface area (Å²) in [6.07, 6.45) is -1.83. The van der Waals surface area contributed by atoms with Crippen molar-refractivity contribution in [3.05, 3.63) is 47.8 Å². The lowest BCUT2D eigenvalue weighted by atomic mass is 10.1. The van der Waals surface area contributed by atoms with Gasteiger partial charge in [-0.25, -0.2) is 18.4 Å². The normalized spacial score (nSPS) is 12.0. The third-order valence-electron chi connectivity index (χ3n) is 2.95. The van der Waals surface area contributed by atoms with Crippen molar-refractivity contribution < 1.29 is 21.6 Å². The number of sulfonamides is 1. The third-order valence-corrected chi connectivity index (χ3v) is 4.21. The van der Waals surface area contributed by atoms with Crippen molar-refractivity contribution in [1.29, 1.82) is 0 Å². The number of hydrogen-bond acceptors (Lipinski definition) is 5. The number of anilines is 2. The Balaban J connectivity index is 2.08. The van der Waals surface area contributed by atoms with E-state index in [1.807, 2.05) is 0 Å². The van der Waals surface area contributed by atoms with Crippen molar-refractivity contribution in [3.63, 3.8) is 0 Å². The van der Waals surface area contributed by atoms with E-state index < -0.39 is 27.5 Å². The number of benzene rings is 1. The van der Waals surface area contributed by atoms with Crippen molar-refractivity contribution in [2.24, 2.45) is 0 Å². The Hall–Kier alpha value is -2.36. The van der Waals surface area contributed by atoms with Crippen molar-refractivity contribution in [1.82, 2.24) is 9.97 Å². The number of rotatable bonds is 5. The molecule has 6 nitrogen and oxygen atoms in total. The van der Waals surface area contributed by atoms with Crippen molar-refractivity contribution >= 4 is 21.7 Å². The highest BCUT2D eigenvalue weighted by molar-refractivity contribution is 7.91. The Labute approximate surface area is 137 Å². The maximum absolute atomic E-state index is 12.5. The Morgan fingerprint density at radius 2 is 1.62 bits per heavy atom. The second-order valence-corrected chi connectivity index (χ2v) is 6.94. The minimum atomic E-state index is -4.46. The molecule has 130 valence electrons. The monoisotopic (exact) mass is 360 g/mol. The molecule has 0 saturated heterocycles. The number of nitrogens with zero attached hydrogens (tertiary/aromatic N) is 3. The molecule has 1 aromatic carbocycles. The maximum Gasteiger partial charge on any atom is 0.416 e. The fourth-order valence-electron chi connectivity index (χ4n) is 1.83. The van der Waals surface area contributed by atoms with Gasteiger partial charge in [-0.1, -0.05) is 12.1 Å². The standard InChI is InChI=1S/C14H15F3N4O2S/c1-21(2)13-18-7-12(8-19-13)20-24(22,23)9-10-3-5-11(6-4-10)14(15,16)17/h3-8,20H,9H2,1-2H3. The molecular weight excluding hydrogens is 345 g/mol. The maximum atomic E-state index is 12.5. The fourth-order valence-corrected chi connectivity index (χ4v) is 3.00. The van der Waals surface area contributed by atoms with Crippen LogP contribution in [0.15, 0.2) is 36.7 Å². The van der Waals surface area contributed by atoms with Gasteiger partial charge in [0, 0.05) is 14.1 Å². The zero-order chi connectivity index (χ0) is 18.0. The summed E-state index contributed by atoms with van der Waals surface area (Å²) in [6.45, 7) is 0. The van der Waals surface area contributed by atoms with Gasteiger partial charge in [-0.05, 0) is 17.7 Å². The van der Waals surface area contributed by atoms with E-state index >= 15 is 0 Å². The van der Waals surface area contributed by atoms with Crippen LogP contribution >= 0.6 is 0 Å². The van der Waals surface area contributed by atoms with Crippen LogP contribution in [-0.4, -0.2) is 32.5 Å². The number of alkyl halides is 3. The van der Waals surface area contributed by atoms with Crippen LogP contribution in [0.1, 0.15) is 11.1 Å². The first kappa shape index (κ1) is 18.0. The first-order chi connectivity index (χ1) is 11.1. The minimum Gasteiger partial charge on any atom is -0.347 e. The van der Waals surface area contributed by atoms with Gasteiger partial charge in [-0.15, -0.1) is 0 Å². The Morgan fingerprint density at radius 1 is 1.08 bits per heavy atom. The van der Waals surface area contributed by atoms with Crippen LogP contribution in [0.2, 0.25) is 0 Å². The molecule has 1 heterocycles. The van der Waals surface area contributed by atoms with E-state index in [1.54, 1.807) is 19.0 Å². The lowest BCUT2D eigenvalue weighted by Gasteiger charge is -2.11. The topological polar surface area (TPSA) is 75.2 Å². The van der Waals surface area contributed by atoms with Gasteiger partial charge in [0.1, 0.15) is 0 Å². The predicted molar refractivity (Wildman–Crippen MR) is 84.0 cm³/mol. The predicted octanol–water partition coefficient (Wildman–Crippen LogP) is 2.50. The van der Waals surface area contributed by atoms with Crippen LogP contribution in [-0.2, 0) is 22.0 Å². The number of hydrogen-bond donors (Lipinski definition) is 1. The quantitative estimate of drug-likeness (QED) is 0.887. The molecule has 0 amide bonds. The molecule has 0 saturated carbocycles. The van der Waals surface area contributed by atoms with E-state index in [1.165, 1.54) is 12.4 Å². The summed E-state index contributed by atoms with van der Waals surface area (Å²) < 4.78 is 63.9. The van der Waals surface area contributed by atoms with Crippen LogP contribution in [0, 0.1) is 0 Å². The molecule has 2 rings (SSSR count). The first-order valence-electron chi connectivity index (χ1n) is 6.73. The zero-order valence-corrected chi connectivity index (χ0v) is 13.7. The van der Waals surface area contributed by atoms with Crippen LogP contribution in [0.3, 0.4) is 0 Å². The van der Waals surface area contributed by atoms with Gasteiger partial charge in [0.05, 0.1) is 29.4 Å². The highest BCUT2D eigenvalue weighted by Crippen LogP contribution is 2.29. The number of halogens is 3. The van der Waals surface area contributed by atoms with Crippen LogP contribution < -0.4 is 9.62 Å². The molecule has 2 aromatic rings. The second kappa shape index (κ2) is 6.63. The van der Waals surface area contributed by atoms with E-state index in [0.29, 0.717) is 5.95 Å². The molecule has 0 bridgehead atoms. The fraction of sp³-hybridized carbons (Fsp3) is 0.286. The largest absolute Gasteiger partial charge is 0.416 e. The Kier molecular flexibility index (Phi) is 4.97. The van der Waals surface area contributed by atoms with Crippen LogP contribution in [0.5, 0.6) is 0 Å². The lowest BCUT2D eigenvalue weighted by molar-refractivity contribution is -0.137. The van der Waals surface area contributed by atoms with Gasteiger partial charge >= 0.3 is 6.18 Å². The molecule has 1 aromatic heterocycles. The van der Waals surface area contributed by atoms with E-state index in [-0.39, 0.29) is 11.3 Å². The highest BCUT2D eigenvalue weighted by Gasteiger charge is 2.30. The zero-order valence-electron chi connectivity index (χ0n) is 12.9. The van der Waals surface area contributed by atoms with Gasteiger partial charge < -0.3 is 4.90 Å². The van der Waals surface area contributed by atoms with Gasteiger partial charge in [-0.2, -0.15) is 13.2 Å².